The maximum absolute atomic E-state index is 5.90. The van der Waals surface area contributed by atoms with Crippen LogP contribution < -0.4 is 0 Å². The molecule has 1 aromatic rings. The van der Waals surface area contributed by atoms with Gasteiger partial charge in [0, 0.05) is 31.6 Å². The molecule has 2 fully saturated rings. The molecule has 4 heteroatoms. The van der Waals surface area contributed by atoms with E-state index in [0.717, 1.165) is 19.7 Å². The van der Waals surface area contributed by atoms with Gasteiger partial charge in [0.05, 0.1) is 12.6 Å². The molecule has 0 aromatic carbocycles. The smallest absolute Gasteiger partial charge is 0.0702 e. The average Bonchev–Trinajstić information content (AvgIpc) is 2.95. The molecule has 0 bridgehead atoms. The number of aromatic nitrogens is 2. The quantitative estimate of drug-likeness (QED) is 0.835. The van der Waals surface area contributed by atoms with E-state index in [2.05, 4.69) is 20.9 Å². The number of hydrogen-bond donors (Lipinski definition) is 0. The first kappa shape index (κ1) is 13.1. The van der Waals surface area contributed by atoms with Gasteiger partial charge in [-0.25, -0.2) is 0 Å². The van der Waals surface area contributed by atoms with Crippen molar-refractivity contribution >= 4 is 0 Å². The predicted molar refractivity (Wildman–Crippen MR) is 75.0 cm³/mol. The van der Waals surface area contributed by atoms with E-state index in [4.69, 9.17) is 4.74 Å². The molecule has 1 aromatic heterocycles. The van der Waals surface area contributed by atoms with Crippen molar-refractivity contribution in [2.45, 2.75) is 57.2 Å². The number of rotatable bonds is 4. The van der Waals surface area contributed by atoms with Crippen molar-refractivity contribution in [3.63, 3.8) is 0 Å². The Kier molecular flexibility index (Phi) is 4.51. The predicted octanol–water partition coefficient (Wildman–Crippen LogP) is 2.31. The van der Waals surface area contributed by atoms with E-state index in [1.807, 2.05) is 12.3 Å². The zero-order chi connectivity index (χ0) is 12.9. The summed E-state index contributed by atoms with van der Waals surface area (Å²) in [5.74, 6) is 0. The van der Waals surface area contributed by atoms with E-state index < -0.39 is 0 Å². The SMILES string of the molecule is c1cnn(C[C@H]2CCCCN2C[C@@H]2CCCCO2)c1. The minimum Gasteiger partial charge on any atom is -0.377 e. The molecule has 0 aliphatic carbocycles. The van der Waals surface area contributed by atoms with Crippen molar-refractivity contribution in [2.24, 2.45) is 0 Å². The molecule has 3 rings (SSSR count). The van der Waals surface area contributed by atoms with Crippen molar-refractivity contribution in [3.05, 3.63) is 18.5 Å². The average molecular weight is 263 g/mol. The molecule has 2 saturated heterocycles. The first-order chi connectivity index (χ1) is 9.42. The zero-order valence-corrected chi connectivity index (χ0v) is 11.7. The van der Waals surface area contributed by atoms with Crippen molar-refractivity contribution in [3.8, 4) is 0 Å². The van der Waals surface area contributed by atoms with Gasteiger partial charge >= 0.3 is 0 Å². The van der Waals surface area contributed by atoms with Crippen molar-refractivity contribution in [1.29, 1.82) is 0 Å². The second kappa shape index (κ2) is 6.53. The highest BCUT2D eigenvalue weighted by atomic mass is 16.5. The Bertz CT molecular complexity index is 359. The topological polar surface area (TPSA) is 30.3 Å². The monoisotopic (exact) mass is 263 g/mol. The minimum absolute atomic E-state index is 0.465. The zero-order valence-electron chi connectivity index (χ0n) is 11.7. The molecule has 4 nitrogen and oxygen atoms in total. The van der Waals surface area contributed by atoms with E-state index in [0.29, 0.717) is 12.1 Å². The van der Waals surface area contributed by atoms with Crippen LogP contribution in [0.15, 0.2) is 18.5 Å². The van der Waals surface area contributed by atoms with Crippen LogP contribution in [0.3, 0.4) is 0 Å². The van der Waals surface area contributed by atoms with Crippen molar-refractivity contribution in [1.82, 2.24) is 14.7 Å². The Morgan fingerprint density at radius 2 is 2.05 bits per heavy atom. The van der Waals surface area contributed by atoms with Crippen LogP contribution in [0.4, 0.5) is 0 Å². The number of likely N-dealkylation sites (tertiary alicyclic amines) is 1. The third-order valence-electron chi connectivity index (χ3n) is 4.42. The van der Waals surface area contributed by atoms with Gasteiger partial charge in [0.1, 0.15) is 0 Å². The van der Waals surface area contributed by atoms with Crippen LogP contribution >= 0.6 is 0 Å². The largest absolute Gasteiger partial charge is 0.377 e. The molecule has 19 heavy (non-hydrogen) atoms. The highest BCUT2D eigenvalue weighted by Gasteiger charge is 2.26. The van der Waals surface area contributed by atoms with E-state index in [-0.39, 0.29) is 0 Å². The van der Waals surface area contributed by atoms with Crippen LogP contribution in [0.2, 0.25) is 0 Å². The lowest BCUT2D eigenvalue weighted by Crippen LogP contribution is -2.46. The molecule has 2 aliphatic heterocycles. The maximum atomic E-state index is 5.90. The van der Waals surface area contributed by atoms with Gasteiger partial charge in [0.25, 0.3) is 0 Å². The molecule has 0 amide bonds. The number of ether oxygens (including phenoxy) is 1. The summed E-state index contributed by atoms with van der Waals surface area (Å²) in [4.78, 5) is 2.64. The van der Waals surface area contributed by atoms with Crippen LogP contribution in [0, 0.1) is 0 Å². The van der Waals surface area contributed by atoms with Crippen molar-refractivity contribution < 1.29 is 4.74 Å². The van der Waals surface area contributed by atoms with Gasteiger partial charge < -0.3 is 4.74 Å². The third-order valence-corrected chi connectivity index (χ3v) is 4.42. The first-order valence-corrected chi connectivity index (χ1v) is 7.75. The standard InChI is InChI=1S/C15H25N3O/c1-3-9-17(13-15-7-2-4-11-19-15)14(6-1)12-18-10-5-8-16-18/h5,8,10,14-15H,1-4,6-7,9,11-13H2/t14-,15+/m1/s1. The molecular weight excluding hydrogens is 238 g/mol. The molecule has 2 atom stereocenters. The molecule has 3 heterocycles. The Hall–Kier alpha value is -0.870. The highest BCUT2D eigenvalue weighted by Crippen LogP contribution is 2.21. The Morgan fingerprint density at radius 3 is 2.84 bits per heavy atom. The van der Waals surface area contributed by atoms with Gasteiger partial charge in [-0.2, -0.15) is 5.10 Å². The molecule has 2 aliphatic rings. The normalized spacial score (nSPS) is 29.5. The summed E-state index contributed by atoms with van der Waals surface area (Å²) in [5.41, 5.74) is 0. The summed E-state index contributed by atoms with van der Waals surface area (Å²) in [6.45, 7) is 4.33. The van der Waals surface area contributed by atoms with Crippen LogP contribution in [0.25, 0.3) is 0 Å². The van der Waals surface area contributed by atoms with E-state index in [1.54, 1.807) is 0 Å². The maximum Gasteiger partial charge on any atom is 0.0702 e. The fourth-order valence-electron chi connectivity index (χ4n) is 3.34. The van der Waals surface area contributed by atoms with Crippen LogP contribution in [0.1, 0.15) is 38.5 Å². The lowest BCUT2D eigenvalue weighted by atomic mass is 10.00. The van der Waals surface area contributed by atoms with Gasteiger partial charge in [0.15, 0.2) is 0 Å². The summed E-state index contributed by atoms with van der Waals surface area (Å²) < 4.78 is 7.97. The summed E-state index contributed by atoms with van der Waals surface area (Å²) in [7, 11) is 0. The summed E-state index contributed by atoms with van der Waals surface area (Å²) in [5, 5.41) is 4.35. The fraction of sp³-hybridized carbons (Fsp3) is 0.800. The lowest BCUT2D eigenvalue weighted by molar-refractivity contribution is -0.0215. The molecular formula is C15H25N3O. The number of hydrogen-bond acceptors (Lipinski definition) is 3. The molecule has 0 N–H and O–H groups in total. The lowest BCUT2D eigenvalue weighted by Gasteiger charge is -2.38. The highest BCUT2D eigenvalue weighted by molar-refractivity contribution is 4.84. The number of nitrogens with zero attached hydrogens (tertiary/aromatic N) is 3. The van der Waals surface area contributed by atoms with Gasteiger partial charge in [0.2, 0.25) is 0 Å². The van der Waals surface area contributed by atoms with Gasteiger partial charge in [-0.05, 0) is 44.7 Å². The molecule has 0 unspecified atom stereocenters. The molecule has 0 saturated carbocycles. The van der Waals surface area contributed by atoms with Gasteiger partial charge in [-0.15, -0.1) is 0 Å². The van der Waals surface area contributed by atoms with Crippen LogP contribution in [-0.2, 0) is 11.3 Å². The second-order valence-electron chi connectivity index (χ2n) is 5.86. The van der Waals surface area contributed by atoms with Crippen LogP contribution in [0.5, 0.6) is 0 Å². The number of piperidine rings is 1. The van der Waals surface area contributed by atoms with E-state index in [1.165, 1.54) is 45.1 Å². The summed E-state index contributed by atoms with van der Waals surface area (Å²) >= 11 is 0. The fourth-order valence-corrected chi connectivity index (χ4v) is 3.34. The van der Waals surface area contributed by atoms with E-state index >= 15 is 0 Å². The van der Waals surface area contributed by atoms with Crippen LogP contribution in [-0.4, -0.2) is 46.5 Å². The van der Waals surface area contributed by atoms with E-state index in [9.17, 15) is 0 Å². The summed E-state index contributed by atoms with van der Waals surface area (Å²) in [6.07, 6.45) is 12.2. The Balaban J connectivity index is 1.56. The van der Waals surface area contributed by atoms with Gasteiger partial charge in [-0.3, -0.25) is 9.58 Å². The first-order valence-electron chi connectivity index (χ1n) is 7.75. The van der Waals surface area contributed by atoms with Crippen molar-refractivity contribution in [2.75, 3.05) is 19.7 Å². The molecule has 106 valence electrons. The minimum atomic E-state index is 0.465. The molecule has 0 spiro atoms. The Labute approximate surface area is 115 Å². The Morgan fingerprint density at radius 1 is 1.11 bits per heavy atom. The van der Waals surface area contributed by atoms with Gasteiger partial charge in [-0.1, -0.05) is 6.42 Å². The summed E-state index contributed by atoms with van der Waals surface area (Å²) in [6, 6.07) is 2.65. The second-order valence-corrected chi connectivity index (χ2v) is 5.86. The molecule has 0 radical (unpaired) electrons. The third kappa shape index (κ3) is 3.57.